The molecule has 1 aliphatic heterocycles. The Morgan fingerprint density at radius 3 is 2.53 bits per heavy atom. The Balaban J connectivity index is 0.000000686. The van der Waals surface area contributed by atoms with Crippen molar-refractivity contribution in [2.75, 3.05) is 6.54 Å². The minimum absolute atomic E-state index is 0.988. The number of fused-ring (bicyclic) bond motifs is 1. The van der Waals surface area contributed by atoms with Crippen molar-refractivity contribution in [2.24, 2.45) is 0 Å². The highest BCUT2D eigenvalue weighted by molar-refractivity contribution is 5.64. The maximum absolute atomic E-state index is 3.40. The van der Waals surface area contributed by atoms with Crippen LogP contribution in [0.5, 0.6) is 0 Å². The molecule has 1 aromatic heterocycles. The highest BCUT2D eigenvalue weighted by Crippen LogP contribution is 2.21. The number of hydrogen-bond acceptors (Lipinski definition) is 1. The maximum Gasteiger partial charge on any atom is 0.0479 e. The topological polar surface area (TPSA) is 17.0 Å². The van der Waals surface area contributed by atoms with E-state index in [9.17, 15) is 0 Å². The van der Waals surface area contributed by atoms with Crippen LogP contribution in [0.2, 0.25) is 0 Å². The molecule has 0 saturated carbocycles. The Kier molecular flexibility index (Phi) is 5.78. The summed E-state index contributed by atoms with van der Waals surface area (Å²) in [6.45, 7) is 11.3. The predicted molar refractivity (Wildman–Crippen MR) is 76.9 cm³/mol. The van der Waals surface area contributed by atoms with Crippen LogP contribution in [0.25, 0.3) is 12.2 Å². The fraction of sp³-hybridized carbons (Fsp3) is 0.467. The van der Waals surface area contributed by atoms with Gasteiger partial charge >= 0.3 is 0 Å². The number of nitrogens with one attached hydrogen (secondary N) is 1. The van der Waals surface area contributed by atoms with Gasteiger partial charge in [0, 0.05) is 31.0 Å². The van der Waals surface area contributed by atoms with Gasteiger partial charge < -0.3 is 9.88 Å². The lowest BCUT2D eigenvalue weighted by Crippen LogP contribution is -2.28. The molecular weight excluding hydrogens is 208 g/mol. The monoisotopic (exact) mass is 232 g/mol. The molecule has 1 aliphatic rings. The van der Waals surface area contributed by atoms with Gasteiger partial charge in [0.05, 0.1) is 0 Å². The average Bonchev–Trinajstić information content (AvgIpc) is 2.72. The molecule has 1 N–H and O–H groups in total. The van der Waals surface area contributed by atoms with Gasteiger partial charge in [0.1, 0.15) is 0 Å². The molecule has 0 aliphatic carbocycles. The predicted octanol–water partition coefficient (Wildman–Crippen LogP) is 3.68. The lowest BCUT2D eigenvalue weighted by Gasteiger charge is -2.18. The summed E-state index contributed by atoms with van der Waals surface area (Å²) < 4.78 is 2.41. The Morgan fingerprint density at radius 2 is 1.88 bits per heavy atom. The molecular formula is C15H24N2. The van der Waals surface area contributed by atoms with Crippen molar-refractivity contribution < 1.29 is 0 Å². The van der Waals surface area contributed by atoms with Crippen LogP contribution in [0.4, 0.5) is 0 Å². The lowest BCUT2D eigenvalue weighted by atomic mass is 10.2. The summed E-state index contributed by atoms with van der Waals surface area (Å²) in [5.41, 5.74) is 4.06. The minimum Gasteiger partial charge on any atom is -0.342 e. The quantitative estimate of drug-likeness (QED) is 0.823. The Morgan fingerprint density at radius 1 is 1.18 bits per heavy atom. The summed E-state index contributed by atoms with van der Waals surface area (Å²) in [6, 6.07) is 2.28. The molecule has 0 radical (unpaired) electrons. The summed E-state index contributed by atoms with van der Waals surface area (Å²) in [5.74, 6) is 0. The fourth-order valence-electron chi connectivity index (χ4n) is 2.12. The van der Waals surface area contributed by atoms with E-state index in [1.807, 2.05) is 13.8 Å². The number of aromatic nitrogens is 1. The summed E-state index contributed by atoms with van der Waals surface area (Å²) >= 11 is 0. The summed E-state index contributed by atoms with van der Waals surface area (Å²) in [4.78, 5) is 0. The molecule has 0 saturated heterocycles. The van der Waals surface area contributed by atoms with Crippen molar-refractivity contribution in [1.82, 2.24) is 9.88 Å². The first kappa shape index (κ1) is 13.8. The van der Waals surface area contributed by atoms with Crippen LogP contribution < -0.4 is 5.32 Å². The van der Waals surface area contributed by atoms with Crippen LogP contribution in [-0.4, -0.2) is 11.1 Å². The molecule has 0 aromatic carbocycles. The van der Waals surface area contributed by atoms with Crippen LogP contribution >= 0.6 is 0 Å². The van der Waals surface area contributed by atoms with E-state index in [2.05, 4.69) is 54.1 Å². The van der Waals surface area contributed by atoms with Crippen molar-refractivity contribution >= 4 is 12.2 Å². The normalized spacial score (nSPS) is 14.8. The Labute approximate surface area is 105 Å². The Hall–Kier alpha value is -1.28. The van der Waals surface area contributed by atoms with Gasteiger partial charge in [-0.25, -0.2) is 0 Å². The molecule has 0 spiro atoms. The molecule has 0 atom stereocenters. The van der Waals surface area contributed by atoms with Crippen molar-refractivity contribution in [2.45, 2.75) is 40.8 Å². The summed E-state index contributed by atoms with van der Waals surface area (Å²) in [6.07, 6.45) is 8.59. The van der Waals surface area contributed by atoms with Gasteiger partial charge in [0.25, 0.3) is 0 Å². The number of allylic oxidation sites excluding steroid dienone is 2. The molecule has 0 bridgehead atoms. The lowest BCUT2D eigenvalue weighted by molar-refractivity contribution is 0.514. The van der Waals surface area contributed by atoms with Gasteiger partial charge in [-0.3, -0.25) is 0 Å². The first-order valence-electron chi connectivity index (χ1n) is 6.55. The van der Waals surface area contributed by atoms with Crippen molar-refractivity contribution in [3.8, 4) is 0 Å². The van der Waals surface area contributed by atoms with Crippen LogP contribution in [0.1, 0.15) is 44.6 Å². The van der Waals surface area contributed by atoms with Crippen LogP contribution in [0, 0.1) is 0 Å². The van der Waals surface area contributed by atoms with Gasteiger partial charge in [-0.2, -0.15) is 0 Å². The second-order valence-corrected chi connectivity index (χ2v) is 3.80. The van der Waals surface area contributed by atoms with E-state index >= 15 is 0 Å². The van der Waals surface area contributed by atoms with Crippen molar-refractivity contribution in [1.29, 1.82) is 0 Å². The molecule has 2 nitrogen and oxygen atoms in total. The smallest absolute Gasteiger partial charge is 0.0479 e. The molecule has 0 amide bonds. The van der Waals surface area contributed by atoms with Gasteiger partial charge in [0.2, 0.25) is 0 Å². The highest BCUT2D eigenvalue weighted by atomic mass is 15.1. The largest absolute Gasteiger partial charge is 0.342 e. The second-order valence-electron chi connectivity index (χ2n) is 3.80. The second kappa shape index (κ2) is 7.13. The van der Waals surface area contributed by atoms with E-state index in [4.69, 9.17) is 0 Å². The molecule has 0 fully saturated rings. The van der Waals surface area contributed by atoms with E-state index in [1.54, 1.807) is 0 Å². The van der Waals surface area contributed by atoms with Crippen LogP contribution in [0.3, 0.4) is 0 Å². The van der Waals surface area contributed by atoms with Crippen molar-refractivity contribution in [3.63, 3.8) is 0 Å². The zero-order chi connectivity index (χ0) is 12.7. The van der Waals surface area contributed by atoms with E-state index in [1.165, 1.54) is 17.0 Å². The average molecular weight is 232 g/mol. The van der Waals surface area contributed by atoms with Crippen molar-refractivity contribution in [3.05, 3.63) is 35.2 Å². The van der Waals surface area contributed by atoms with E-state index in [0.29, 0.717) is 0 Å². The van der Waals surface area contributed by atoms with Gasteiger partial charge in [-0.1, -0.05) is 32.1 Å². The third-order valence-electron chi connectivity index (χ3n) is 2.74. The number of rotatable bonds is 2. The zero-order valence-corrected chi connectivity index (χ0v) is 11.5. The molecule has 17 heavy (non-hydrogen) atoms. The molecule has 94 valence electrons. The molecule has 2 heteroatoms. The maximum atomic E-state index is 3.40. The first-order valence-corrected chi connectivity index (χ1v) is 6.55. The van der Waals surface area contributed by atoms with Crippen LogP contribution in [-0.2, 0) is 13.1 Å². The number of nitrogens with zero attached hydrogens (tertiary/aromatic N) is 1. The fourth-order valence-corrected chi connectivity index (χ4v) is 2.12. The molecule has 1 aromatic rings. The minimum atomic E-state index is 0.988. The zero-order valence-electron chi connectivity index (χ0n) is 11.5. The van der Waals surface area contributed by atoms with E-state index < -0.39 is 0 Å². The van der Waals surface area contributed by atoms with Gasteiger partial charge in [-0.15, -0.1) is 0 Å². The molecule has 2 heterocycles. The van der Waals surface area contributed by atoms with E-state index in [-0.39, 0.29) is 0 Å². The highest BCUT2D eigenvalue weighted by Gasteiger charge is 2.13. The van der Waals surface area contributed by atoms with Gasteiger partial charge in [0.15, 0.2) is 0 Å². The summed E-state index contributed by atoms with van der Waals surface area (Å²) in [5, 5.41) is 3.40. The third kappa shape index (κ3) is 3.10. The van der Waals surface area contributed by atoms with Crippen LogP contribution in [0.15, 0.2) is 18.2 Å². The van der Waals surface area contributed by atoms with E-state index in [0.717, 1.165) is 19.6 Å². The molecule has 2 rings (SSSR count). The SMILES string of the molecule is C/C=C\c1cc2n(c1/C=C\C)CCNC2.CC. The first-order chi connectivity index (χ1) is 8.36. The van der Waals surface area contributed by atoms with Gasteiger partial charge in [-0.05, 0) is 31.6 Å². The number of hydrogen-bond donors (Lipinski definition) is 1. The third-order valence-corrected chi connectivity index (χ3v) is 2.74. The standard InChI is InChI=1S/C13H18N2.C2H6/c1-3-5-11-9-12-10-14-7-8-15(12)13(11)6-4-2;1-2/h3-6,9,14H,7-8,10H2,1-2H3;1-2H3/b5-3-,6-4-;. The summed E-state index contributed by atoms with van der Waals surface area (Å²) in [7, 11) is 0. The molecule has 0 unspecified atom stereocenters. The Bertz CT molecular complexity index is 397.